The summed E-state index contributed by atoms with van der Waals surface area (Å²) in [7, 11) is 0. The Morgan fingerprint density at radius 1 is 0.386 bits per heavy atom. The first-order valence-corrected chi connectivity index (χ1v) is 22.6. The largest absolute Gasteiger partial charge is 0.417 e. The third-order valence-electron chi connectivity index (χ3n) is 13.1. The lowest BCUT2D eigenvalue weighted by Crippen LogP contribution is -2.12. The number of pyridine rings is 2. The Bertz CT molecular complexity index is 3880. The van der Waals surface area contributed by atoms with Gasteiger partial charge in [0.05, 0.1) is 73.7 Å². The molecular weight excluding hydrogens is 874 g/mol. The molecule has 0 radical (unpaired) electrons. The SMILES string of the molecule is N#Cc1cc(-n2c3ccccc3c3cc(-c4ccc(-c5ccccc5)nc4)ccc32)c(-c2c(C#N)cccc2C(F)(F)F)c(-n2c3ccccc3c3cc(-c4ccc(-c5ccccc5)nc4)ccc32)c1. The second kappa shape index (κ2) is 16.6. The highest BCUT2D eigenvalue weighted by Gasteiger charge is 2.37. The van der Waals surface area contributed by atoms with Crippen molar-refractivity contribution in [2.75, 3.05) is 0 Å². The van der Waals surface area contributed by atoms with Gasteiger partial charge in [-0.2, -0.15) is 23.7 Å². The van der Waals surface area contributed by atoms with Gasteiger partial charge in [-0.15, -0.1) is 0 Å². The maximum absolute atomic E-state index is 15.6. The van der Waals surface area contributed by atoms with Crippen molar-refractivity contribution in [3.63, 3.8) is 0 Å². The molecule has 0 saturated heterocycles. The van der Waals surface area contributed by atoms with Crippen LogP contribution in [-0.4, -0.2) is 19.1 Å². The van der Waals surface area contributed by atoms with Crippen LogP contribution in [-0.2, 0) is 6.18 Å². The number of aromatic nitrogens is 4. The average molecular weight is 909 g/mol. The summed E-state index contributed by atoms with van der Waals surface area (Å²) < 4.78 is 50.7. The molecule has 0 aliphatic carbocycles. The van der Waals surface area contributed by atoms with Crippen LogP contribution in [0.2, 0.25) is 0 Å². The average Bonchev–Trinajstić information content (AvgIpc) is 3.92. The van der Waals surface area contributed by atoms with E-state index < -0.39 is 11.7 Å². The van der Waals surface area contributed by atoms with Crippen LogP contribution in [0.15, 0.2) is 213 Å². The lowest BCUT2D eigenvalue weighted by molar-refractivity contribution is -0.137. The van der Waals surface area contributed by atoms with E-state index in [1.807, 2.05) is 179 Å². The number of nitriles is 2. The molecule has 0 N–H and O–H groups in total. The van der Waals surface area contributed by atoms with Gasteiger partial charge in [-0.3, -0.25) is 9.97 Å². The van der Waals surface area contributed by atoms with Crippen LogP contribution in [0, 0.1) is 22.7 Å². The van der Waals surface area contributed by atoms with Crippen LogP contribution in [0.1, 0.15) is 16.7 Å². The summed E-state index contributed by atoms with van der Waals surface area (Å²) in [5.41, 5.74) is 9.63. The first kappa shape index (κ1) is 41.8. The molecule has 330 valence electrons. The first-order chi connectivity index (χ1) is 34.3. The summed E-state index contributed by atoms with van der Waals surface area (Å²) in [5, 5.41) is 25.0. The Kier molecular flexibility index (Phi) is 9.94. The minimum Gasteiger partial charge on any atom is -0.308 e. The molecule has 0 saturated carbocycles. The van der Waals surface area contributed by atoms with Crippen molar-refractivity contribution in [2.24, 2.45) is 0 Å². The Balaban J connectivity index is 1.13. The summed E-state index contributed by atoms with van der Waals surface area (Å²) in [6.07, 6.45) is -1.17. The molecule has 12 aromatic rings. The summed E-state index contributed by atoms with van der Waals surface area (Å²) in [6, 6.07) is 66.8. The van der Waals surface area contributed by atoms with Crippen molar-refractivity contribution >= 4 is 43.6 Å². The minimum atomic E-state index is -4.86. The Morgan fingerprint density at radius 3 is 1.29 bits per heavy atom. The molecule has 4 aromatic heterocycles. The fourth-order valence-corrected chi connectivity index (χ4v) is 9.95. The zero-order valence-corrected chi connectivity index (χ0v) is 37.0. The molecule has 0 fully saturated rings. The second-order valence-electron chi connectivity index (χ2n) is 17.1. The highest BCUT2D eigenvalue weighted by molar-refractivity contribution is 6.13. The molecule has 0 unspecified atom stereocenters. The van der Waals surface area contributed by atoms with Crippen molar-refractivity contribution in [2.45, 2.75) is 6.18 Å². The number of rotatable bonds is 7. The number of fused-ring (bicyclic) bond motifs is 6. The molecule has 4 heterocycles. The van der Waals surface area contributed by atoms with Gasteiger partial charge < -0.3 is 9.13 Å². The van der Waals surface area contributed by atoms with E-state index in [2.05, 4.69) is 24.3 Å². The van der Waals surface area contributed by atoms with Crippen molar-refractivity contribution in [1.29, 1.82) is 10.5 Å². The fraction of sp³-hybridized carbons (Fsp3) is 0.0164. The van der Waals surface area contributed by atoms with Crippen LogP contribution in [0.4, 0.5) is 13.2 Å². The Labute approximate surface area is 399 Å². The van der Waals surface area contributed by atoms with Crippen molar-refractivity contribution in [1.82, 2.24) is 19.1 Å². The lowest BCUT2D eigenvalue weighted by atomic mass is 9.90. The van der Waals surface area contributed by atoms with Crippen molar-refractivity contribution in [3.8, 4) is 79.4 Å². The standard InChI is InChI=1S/C61H35F3N6/c62-61(63,64)50-19-11-16-43(35-66)59(50)60-57(69-53-20-9-7-17-46(53)48-32-41(24-28-55(48)69)44-22-26-51(67-36-44)39-12-3-1-4-13-39)30-38(34-65)31-58(60)70-54-21-10-8-18-47(54)49-33-42(25-29-56(49)70)45-23-27-52(68-37-45)40-14-5-2-6-15-40/h1-33,36-37H. The zero-order chi connectivity index (χ0) is 47.5. The van der Waals surface area contributed by atoms with Crippen molar-refractivity contribution in [3.05, 3.63) is 229 Å². The smallest absolute Gasteiger partial charge is 0.308 e. The number of halogens is 3. The number of nitrogens with zero attached hydrogens (tertiary/aromatic N) is 6. The van der Waals surface area contributed by atoms with Crippen LogP contribution in [0.5, 0.6) is 0 Å². The van der Waals surface area contributed by atoms with Gasteiger partial charge in [-0.25, -0.2) is 0 Å². The molecule has 8 aromatic carbocycles. The third-order valence-corrected chi connectivity index (χ3v) is 13.1. The van der Waals surface area contributed by atoms with Gasteiger partial charge in [0.25, 0.3) is 0 Å². The zero-order valence-electron chi connectivity index (χ0n) is 37.0. The van der Waals surface area contributed by atoms with E-state index >= 15 is 13.2 Å². The predicted octanol–water partition coefficient (Wildman–Crippen LogP) is 15.8. The fourth-order valence-electron chi connectivity index (χ4n) is 9.95. The molecule has 0 aliphatic rings. The first-order valence-electron chi connectivity index (χ1n) is 22.6. The van der Waals surface area contributed by atoms with Gasteiger partial charge in [0.2, 0.25) is 0 Å². The summed E-state index contributed by atoms with van der Waals surface area (Å²) in [6.45, 7) is 0. The van der Waals surface area contributed by atoms with Gasteiger partial charge in [0.15, 0.2) is 0 Å². The highest BCUT2D eigenvalue weighted by atomic mass is 19.4. The van der Waals surface area contributed by atoms with Crippen LogP contribution in [0.25, 0.3) is 111 Å². The van der Waals surface area contributed by atoms with E-state index in [9.17, 15) is 10.5 Å². The Hall–Kier alpha value is -9.57. The van der Waals surface area contributed by atoms with Gasteiger partial charge in [0.1, 0.15) is 0 Å². The van der Waals surface area contributed by atoms with Gasteiger partial charge >= 0.3 is 6.18 Å². The normalized spacial score (nSPS) is 11.6. The summed E-state index contributed by atoms with van der Waals surface area (Å²) >= 11 is 0. The summed E-state index contributed by atoms with van der Waals surface area (Å²) in [4.78, 5) is 9.56. The second-order valence-corrected chi connectivity index (χ2v) is 17.1. The number of hydrogen-bond donors (Lipinski definition) is 0. The Morgan fingerprint density at radius 2 is 0.843 bits per heavy atom. The maximum atomic E-state index is 15.6. The van der Waals surface area contributed by atoms with Gasteiger partial charge in [-0.05, 0) is 83.9 Å². The van der Waals surface area contributed by atoms with E-state index in [4.69, 9.17) is 9.97 Å². The number of alkyl halides is 3. The molecule has 6 nitrogen and oxygen atoms in total. The number of hydrogen-bond acceptors (Lipinski definition) is 4. The monoisotopic (exact) mass is 908 g/mol. The lowest BCUT2D eigenvalue weighted by Gasteiger charge is -2.24. The highest BCUT2D eigenvalue weighted by Crippen LogP contribution is 2.48. The molecule has 0 amide bonds. The summed E-state index contributed by atoms with van der Waals surface area (Å²) in [5.74, 6) is 0. The molecule has 9 heteroatoms. The van der Waals surface area contributed by atoms with E-state index in [0.717, 1.165) is 72.4 Å². The number of benzene rings is 8. The van der Waals surface area contributed by atoms with E-state index in [-0.39, 0.29) is 22.3 Å². The molecule has 0 spiro atoms. The van der Waals surface area contributed by atoms with Gasteiger partial charge in [-0.1, -0.05) is 127 Å². The molecule has 0 atom stereocenters. The molecule has 0 aliphatic heterocycles. The minimum absolute atomic E-state index is 0.142. The van der Waals surface area contributed by atoms with E-state index in [1.54, 1.807) is 12.1 Å². The van der Waals surface area contributed by atoms with E-state index in [0.29, 0.717) is 33.4 Å². The third kappa shape index (κ3) is 6.96. The van der Waals surface area contributed by atoms with E-state index in [1.165, 1.54) is 12.1 Å². The van der Waals surface area contributed by atoms with Crippen LogP contribution >= 0.6 is 0 Å². The molecular formula is C61H35F3N6. The predicted molar refractivity (Wildman–Crippen MR) is 272 cm³/mol. The van der Waals surface area contributed by atoms with Crippen LogP contribution in [0.3, 0.4) is 0 Å². The van der Waals surface area contributed by atoms with Crippen molar-refractivity contribution < 1.29 is 13.2 Å². The van der Waals surface area contributed by atoms with Gasteiger partial charge in [0, 0.05) is 67.3 Å². The quantitative estimate of drug-likeness (QED) is 0.159. The van der Waals surface area contributed by atoms with Crippen LogP contribution < -0.4 is 0 Å². The molecule has 0 bridgehead atoms. The topological polar surface area (TPSA) is 83.2 Å². The molecule has 70 heavy (non-hydrogen) atoms. The molecule has 12 rings (SSSR count). The number of para-hydroxylation sites is 2. The maximum Gasteiger partial charge on any atom is 0.417 e.